The molecule has 0 radical (unpaired) electrons. The van der Waals surface area contributed by atoms with E-state index >= 15 is 0 Å². The Morgan fingerprint density at radius 1 is 1.16 bits per heavy atom. The number of thioether (sulfide) groups is 1. The third-order valence-electron chi connectivity index (χ3n) is 3.84. The first-order valence-electron chi connectivity index (χ1n) is 8.10. The second-order valence-corrected chi connectivity index (χ2v) is 6.38. The van der Waals surface area contributed by atoms with Gasteiger partial charge in [-0.3, -0.25) is 9.59 Å². The van der Waals surface area contributed by atoms with Gasteiger partial charge in [0.05, 0.1) is 24.7 Å². The van der Waals surface area contributed by atoms with E-state index in [1.807, 2.05) is 35.7 Å². The molecule has 0 saturated heterocycles. The van der Waals surface area contributed by atoms with E-state index in [2.05, 4.69) is 0 Å². The molecule has 7 heteroatoms. The number of ether oxygens (including phenoxy) is 2. The monoisotopic (exact) mass is 364 g/mol. The van der Waals surface area contributed by atoms with Gasteiger partial charge in [0.2, 0.25) is 11.8 Å². The fourth-order valence-electron chi connectivity index (χ4n) is 2.47. The van der Waals surface area contributed by atoms with Crippen molar-refractivity contribution in [2.45, 2.75) is 0 Å². The van der Waals surface area contributed by atoms with Crippen molar-refractivity contribution >= 4 is 29.3 Å². The predicted octanol–water partition coefficient (Wildman–Crippen LogP) is 1.68. The minimum atomic E-state index is -0.115. The average Bonchev–Trinajstić information content (AvgIpc) is 2.64. The van der Waals surface area contributed by atoms with E-state index in [0.29, 0.717) is 32.1 Å². The lowest BCUT2D eigenvalue weighted by molar-refractivity contribution is -0.137. The van der Waals surface area contributed by atoms with Gasteiger partial charge < -0.3 is 19.3 Å². The molecule has 1 aliphatic heterocycles. The maximum Gasteiger partial charge on any atom is 0.242 e. The number of nitrogens with zero attached hydrogens (tertiary/aromatic N) is 2. The predicted molar refractivity (Wildman–Crippen MR) is 98.9 cm³/mol. The molecule has 1 heterocycles. The van der Waals surface area contributed by atoms with Gasteiger partial charge in [-0.25, -0.2) is 0 Å². The van der Waals surface area contributed by atoms with Crippen molar-refractivity contribution in [3.63, 3.8) is 0 Å². The summed E-state index contributed by atoms with van der Waals surface area (Å²) in [5.41, 5.74) is 1.70. The first-order chi connectivity index (χ1) is 12.2. The number of carbonyl (C=O) groups is 2. The Labute approximate surface area is 152 Å². The molecule has 136 valence electrons. The summed E-state index contributed by atoms with van der Waals surface area (Å²) in [6.45, 7) is 1.86. The highest BCUT2D eigenvalue weighted by Gasteiger charge is 2.27. The Balaban J connectivity index is 2.13. The van der Waals surface area contributed by atoms with E-state index in [1.165, 1.54) is 11.8 Å². The number of benzene rings is 1. The van der Waals surface area contributed by atoms with Crippen LogP contribution in [0.3, 0.4) is 0 Å². The number of amides is 2. The zero-order valence-electron chi connectivity index (χ0n) is 14.6. The maximum absolute atomic E-state index is 12.7. The van der Waals surface area contributed by atoms with Crippen LogP contribution in [0.25, 0.3) is 5.70 Å². The van der Waals surface area contributed by atoms with Crippen LogP contribution < -0.4 is 0 Å². The zero-order valence-corrected chi connectivity index (χ0v) is 15.5. The fourth-order valence-corrected chi connectivity index (χ4v) is 3.28. The van der Waals surface area contributed by atoms with Crippen LogP contribution in [-0.2, 0) is 19.1 Å². The van der Waals surface area contributed by atoms with Gasteiger partial charge in [-0.05, 0) is 11.0 Å². The molecule has 0 saturated carbocycles. The molecule has 2 rings (SSSR count). The molecule has 0 N–H and O–H groups in total. The number of hydrogen-bond donors (Lipinski definition) is 0. The quantitative estimate of drug-likeness (QED) is 0.667. The first kappa shape index (κ1) is 19.5. The average molecular weight is 364 g/mol. The third kappa shape index (κ3) is 5.59. The summed E-state index contributed by atoms with van der Waals surface area (Å²) in [6, 6.07) is 9.65. The Bertz CT molecular complexity index is 598. The molecule has 0 spiro atoms. The summed E-state index contributed by atoms with van der Waals surface area (Å²) in [5.74, 6) is 0.175. The van der Waals surface area contributed by atoms with Gasteiger partial charge in [0.1, 0.15) is 6.54 Å². The topological polar surface area (TPSA) is 59.1 Å². The zero-order chi connectivity index (χ0) is 18.1. The molecule has 25 heavy (non-hydrogen) atoms. The number of carbonyl (C=O) groups excluding carboxylic acids is 2. The van der Waals surface area contributed by atoms with Crippen molar-refractivity contribution in [2.24, 2.45) is 0 Å². The van der Waals surface area contributed by atoms with Crippen molar-refractivity contribution in [2.75, 3.05) is 52.8 Å². The Morgan fingerprint density at radius 3 is 2.40 bits per heavy atom. The summed E-state index contributed by atoms with van der Waals surface area (Å²) < 4.78 is 10.1. The van der Waals surface area contributed by atoms with Crippen LogP contribution in [0.1, 0.15) is 5.56 Å². The molecule has 2 amide bonds. The van der Waals surface area contributed by atoms with Crippen molar-refractivity contribution in [3.05, 3.63) is 41.3 Å². The molecular weight excluding hydrogens is 340 g/mol. The lowest BCUT2D eigenvalue weighted by Crippen LogP contribution is -2.45. The molecule has 0 unspecified atom stereocenters. The highest BCUT2D eigenvalue weighted by molar-refractivity contribution is 8.03. The van der Waals surface area contributed by atoms with Crippen LogP contribution in [0, 0.1) is 0 Å². The van der Waals surface area contributed by atoms with Crippen LogP contribution in [-0.4, -0.2) is 74.4 Å². The van der Waals surface area contributed by atoms with Crippen molar-refractivity contribution in [1.82, 2.24) is 9.80 Å². The summed E-state index contributed by atoms with van der Waals surface area (Å²) in [6.07, 6.45) is 0. The largest absolute Gasteiger partial charge is 0.383 e. The number of methoxy groups -OCH3 is 2. The maximum atomic E-state index is 12.7. The molecule has 0 fully saturated rings. The van der Waals surface area contributed by atoms with Gasteiger partial charge in [0, 0.05) is 27.3 Å². The Kier molecular flexibility index (Phi) is 7.97. The molecule has 0 aliphatic carbocycles. The smallest absolute Gasteiger partial charge is 0.242 e. The normalized spacial score (nSPS) is 14.4. The highest BCUT2D eigenvalue weighted by Crippen LogP contribution is 2.28. The Hall–Kier alpha value is -1.83. The van der Waals surface area contributed by atoms with E-state index in [4.69, 9.17) is 9.47 Å². The van der Waals surface area contributed by atoms with Crippen molar-refractivity contribution < 1.29 is 19.1 Å². The molecular formula is C18H24N2O4S. The molecule has 0 aromatic heterocycles. The van der Waals surface area contributed by atoms with Gasteiger partial charge in [-0.2, -0.15) is 0 Å². The minimum Gasteiger partial charge on any atom is -0.383 e. The molecule has 1 aromatic carbocycles. The minimum absolute atomic E-state index is 0.0214. The van der Waals surface area contributed by atoms with E-state index in [0.717, 1.165) is 11.3 Å². The lowest BCUT2D eigenvalue weighted by Gasteiger charge is -2.31. The third-order valence-corrected chi connectivity index (χ3v) is 4.64. The molecule has 0 atom stereocenters. The van der Waals surface area contributed by atoms with Crippen LogP contribution in [0.2, 0.25) is 0 Å². The number of rotatable bonds is 9. The highest BCUT2D eigenvalue weighted by atomic mass is 32.2. The SMILES string of the molecule is COCCN(CCOC)C(=O)CN1C(=O)CSC=C1c1ccccc1. The van der Waals surface area contributed by atoms with E-state index in [-0.39, 0.29) is 18.4 Å². The molecule has 1 aliphatic rings. The van der Waals surface area contributed by atoms with Gasteiger partial charge in [-0.1, -0.05) is 30.3 Å². The number of hydrogen-bond acceptors (Lipinski definition) is 5. The molecule has 1 aromatic rings. The second kappa shape index (κ2) is 10.2. The summed E-state index contributed by atoms with van der Waals surface area (Å²) in [5, 5.41) is 1.94. The van der Waals surface area contributed by atoms with Crippen molar-refractivity contribution in [1.29, 1.82) is 0 Å². The molecule has 0 bridgehead atoms. The van der Waals surface area contributed by atoms with Gasteiger partial charge in [-0.15, -0.1) is 11.8 Å². The van der Waals surface area contributed by atoms with E-state index < -0.39 is 0 Å². The Morgan fingerprint density at radius 2 is 1.80 bits per heavy atom. The van der Waals surface area contributed by atoms with E-state index in [1.54, 1.807) is 24.0 Å². The summed E-state index contributed by atoms with van der Waals surface area (Å²) >= 11 is 1.45. The van der Waals surface area contributed by atoms with Crippen molar-refractivity contribution in [3.8, 4) is 0 Å². The first-order valence-corrected chi connectivity index (χ1v) is 9.15. The van der Waals surface area contributed by atoms with Gasteiger partial charge >= 0.3 is 0 Å². The summed E-state index contributed by atoms with van der Waals surface area (Å²) in [7, 11) is 3.20. The summed E-state index contributed by atoms with van der Waals surface area (Å²) in [4.78, 5) is 28.4. The molecule has 6 nitrogen and oxygen atoms in total. The van der Waals surface area contributed by atoms with Crippen LogP contribution in [0.15, 0.2) is 35.7 Å². The van der Waals surface area contributed by atoms with Gasteiger partial charge in [0.25, 0.3) is 0 Å². The standard InChI is InChI=1S/C18H24N2O4S/c1-23-10-8-19(9-11-24-2)17(21)12-20-16(13-25-14-18(20)22)15-6-4-3-5-7-15/h3-7,13H,8-12,14H2,1-2H3. The van der Waals surface area contributed by atoms with Crippen LogP contribution >= 0.6 is 11.8 Å². The lowest BCUT2D eigenvalue weighted by atomic mass is 10.1. The van der Waals surface area contributed by atoms with E-state index in [9.17, 15) is 9.59 Å². The van der Waals surface area contributed by atoms with Gasteiger partial charge in [0.15, 0.2) is 0 Å². The fraction of sp³-hybridized carbons (Fsp3) is 0.444. The van der Waals surface area contributed by atoms with Crippen LogP contribution in [0.5, 0.6) is 0 Å². The second-order valence-electron chi connectivity index (χ2n) is 5.53. The van der Waals surface area contributed by atoms with Crippen LogP contribution in [0.4, 0.5) is 0 Å².